The third-order valence-electron chi connectivity index (χ3n) is 4.69. The summed E-state index contributed by atoms with van der Waals surface area (Å²) in [5.74, 6) is -0.232. The Balaban J connectivity index is 1.76. The average Bonchev–Trinajstić information content (AvgIpc) is 2.67. The minimum atomic E-state index is -3.34. The van der Waals surface area contributed by atoms with Crippen LogP contribution < -0.4 is 5.32 Å². The van der Waals surface area contributed by atoms with Gasteiger partial charge in [0, 0.05) is 5.56 Å². The second kappa shape index (κ2) is 7.53. The molecule has 0 aliphatic rings. The van der Waals surface area contributed by atoms with E-state index in [4.69, 9.17) is 0 Å². The van der Waals surface area contributed by atoms with Crippen molar-refractivity contribution in [2.24, 2.45) is 0 Å². The second-order valence-electron chi connectivity index (χ2n) is 6.92. The number of hydrogen-bond donors (Lipinski definition) is 1. The Hall–Kier alpha value is -2.66. The molecule has 0 saturated carbocycles. The van der Waals surface area contributed by atoms with Crippen LogP contribution >= 0.6 is 0 Å². The summed E-state index contributed by atoms with van der Waals surface area (Å²) < 4.78 is 24.4. The minimum absolute atomic E-state index is 0.166. The SMILES string of the molecule is CC(NC(=O)c1ccc(S(=O)(=O)C(C)C)cc1)c1ccc2ccccc2c1. The number of benzene rings is 3. The number of carbonyl (C=O) groups is 1. The summed E-state index contributed by atoms with van der Waals surface area (Å²) >= 11 is 0. The molecule has 5 heteroatoms. The molecule has 1 atom stereocenters. The van der Waals surface area contributed by atoms with Crippen LogP contribution in [0.5, 0.6) is 0 Å². The van der Waals surface area contributed by atoms with E-state index in [1.165, 1.54) is 12.1 Å². The first-order chi connectivity index (χ1) is 12.8. The summed E-state index contributed by atoms with van der Waals surface area (Å²) in [6.07, 6.45) is 0. The van der Waals surface area contributed by atoms with Crippen molar-refractivity contribution < 1.29 is 13.2 Å². The van der Waals surface area contributed by atoms with Crippen LogP contribution in [-0.4, -0.2) is 19.6 Å². The summed E-state index contributed by atoms with van der Waals surface area (Å²) in [6.45, 7) is 5.21. The number of sulfone groups is 1. The summed E-state index contributed by atoms with van der Waals surface area (Å²) in [4.78, 5) is 12.8. The van der Waals surface area contributed by atoms with Gasteiger partial charge >= 0.3 is 0 Å². The molecule has 0 bridgehead atoms. The molecule has 0 aliphatic heterocycles. The molecule has 0 aliphatic carbocycles. The zero-order chi connectivity index (χ0) is 19.6. The van der Waals surface area contributed by atoms with Gasteiger partial charge in [-0.15, -0.1) is 0 Å². The Morgan fingerprint density at radius 2 is 1.48 bits per heavy atom. The van der Waals surface area contributed by atoms with E-state index >= 15 is 0 Å². The van der Waals surface area contributed by atoms with Gasteiger partial charge in [-0.05, 0) is 67.4 Å². The van der Waals surface area contributed by atoms with Gasteiger partial charge in [0.25, 0.3) is 5.91 Å². The summed E-state index contributed by atoms with van der Waals surface area (Å²) in [5.41, 5.74) is 1.45. The maximum atomic E-state index is 12.5. The van der Waals surface area contributed by atoms with E-state index in [2.05, 4.69) is 17.4 Å². The van der Waals surface area contributed by atoms with Gasteiger partial charge in [0.05, 0.1) is 16.2 Å². The van der Waals surface area contributed by atoms with Crippen LogP contribution in [-0.2, 0) is 9.84 Å². The molecule has 4 nitrogen and oxygen atoms in total. The summed E-state index contributed by atoms with van der Waals surface area (Å²) in [7, 11) is -3.34. The largest absolute Gasteiger partial charge is 0.346 e. The van der Waals surface area contributed by atoms with Gasteiger partial charge in [-0.1, -0.05) is 36.4 Å². The summed E-state index contributed by atoms with van der Waals surface area (Å²) in [5, 5.41) is 4.75. The monoisotopic (exact) mass is 381 g/mol. The first kappa shape index (κ1) is 19.1. The Kier molecular flexibility index (Phi) is 5.33. The maximum absolute atomic E-state index is 12.5. The van der Waals surface area contributed by atoms with Crippen molar-refractivity contribution in [3.63, 3.8) is 0 Å². The van der Waals surface area contributed by atoms with E-state index in [1.807, 2.05) is 37.3 Å². The number of amides is 1. The highest BCUT2D eigenvalue weighted by Gasteiger charge is 2.19. The fraction of sp³-hybridized carbons (Fsp3) is 0.227. The number of fused-ring (bicyclic) bond motifs is 1. The van der Waals surface area contributed by atoms with Crippen LogP contribution in [0.1, 0.15) is 42.7 Å². The van der Waals surface area contributed by atoms with Crippen LogP contribution in [0, 0.1) is 0 Å². The van der Waals surface area contributed by atoms with Crippen LogP contribution in [0.3, 0.4) is 0 Å². The van der Waals surface area contributed by atoms with Crippen molar-refractivity contribution in [1.29, 1.82) is 0 Å². The smallest absolute Gasteiger partial charge is 0.251 e. The van der Waals surface area contributed by atoms with Gasteiger partial charge in [0.1, 0.15) is 0 Å². The third-order valence-corrected chi connectivity index (χ3v) is 6.86. The zero-order valence-electron chi connectivity index (χ0n) is 15.6. The topological polar surface area (TPSA) is 63.2 Å². The van der Waals surface area contributed by atoms with E-state index < -0.39 is 15.1 Å². The molecule has 1 N–H and O–H groups in total. The van der Waals surface area contributed by atoms with E-state index in [0.717, 1.165) is 16.3 Å². The second-order valence-corrected chi connectivity index (χ2v) is 9.42. The fourth-order valence-corrected chi connectivity index (χ4v) is 3.97. The normalized spacial score (nSPS) is 12.9. The van der Waals surface area contributed by atoms with Crippen molar-refractivity contribution in [2.75, 3.05) is 0 Å². The predicted octanol–water partition coefficient (Wildman–Crippen LogP) is 4.51. The maximum Gasteiger partial charge on any atom is 0.251 e. The number of nitrogens with one attached hydrogen (secondary N) is 1. The van der Waals surface area contributed by atoms with Gasteiger partial charge in [-0.2, -0.15) is 0 Å². The van der Waals surface area contributed by atoms with Crippen LogP contribution in [0.4, 0.5) is 0 Å². The molecule has 3 rings (SSSR count). The Bertz CT molecular complexity index is 1070. The standard InChI is InChI=1S/C22H23NO3S/c1-15(2)27(25,26)21-12-10-18(11-13-21)22(24)23-16(3)19-9-8-17-6-4-5-7-20(17)14-19/h4-16H,1-3H3,(H,23,24). The van der Waals surface area contributed by atoms with E-state index in [-0.39, 0.29) is 16.8 Å². The number of hydrogen-bond acceptors (Lipinski definition) is 3. The number of rotatable bonds is 5. The first-order valence-electron chi connectivity index (χ1n) is 8.92. The van der Waals surface area contributed by atoms with E-state index in [9.17, 15) is 13.2 Å². The van der Waals surface area contributed by atoms with E-state index in [0.29, 0.717) is 5.56 Å². The predicted molar refractivity (Wildman–Crippen MR) is 109 cm³/mol. The molecule has 0 saturated heterocycles. The quantitative estimate of drug-likeness (QED) is 0.707. The lowest BCUT2D eigenvalue weighted by Crippen LogP contribution is -2.26. The van der Waals surface area contributed by atoms with Crippen LogP contribution in [0.2, 0.25) is 0 Å². The fourth-order valence-electron chi connectivity index (χ4n) is 2.91. The van der Waals surface area contributed by atoms with Crippen LogP contribution in [0.25, 0.3) is 10.8 Å². The van der Waals surface area contributed by atoms with Crippen molar-refractivity contribution in [3.05, 3.63) is 77.9 Å². The third kappa shape index (κ3) is 4.03. The molecule has 0 fully saturated rings. The van der Waals surface area contributed by atoms with Gasteiger partial charge in [0.2, 0.25) is 0 Å². The van der Waals surface area contributed by atoms with Gasteiger partial charge in [-0.3, -0.25) is 4.79 Å². The molecule has 0 aromatic heterocycles. The zero-order valence-corrected chi connectivity index (χ0v) is 16.5. The molecule has 0 radical (unpaired) electrons. The molecule has 3 aromatic carbocycles. The van der Waals surface area contributed by atoms with Crippen molar-refractivity contribution in [3.8, 4) is 0 Å². The molecule has 1 unspecified atom stereocenters. The summed E-state index contributed by atoms with van der Waals surface area (Å²) in [6, 6.07) is 20.1. The molecular weight excluding hydrogens is 358 g/mol. The average molecular weight is 381 g/mol. The van der Waals surface area contributed by atoms with E-state index in [1.54, 1.807) is 26.0 Å². The molecule has 140 valence electrons. The van der Waals surface area contributed by atoms with Gasteiger partial charge in [-0.25, -0.2) is 8.42 Å². The Labute approximate surface area is 160 Å². The molecule has 0 spiro atoms. The highest BCUT2D eigenvalue weighted by Crippen LogP contribution is 2.21. The number of carbonyl (C=O) groups excluding carboxylic acids is 1. The first-order valence-corrected chi connectivity index (χ1v) is 10.5. The lowest BCUT2D eigenvalue weighted by atomic mass is 10.0. The molecule has 3 aromatic rings. The lowest BCUT2D eigenvalue weighted by Gasteiger charge is -2.15. The van der Waals surface area contributed by atoms with Crippen LogP contribution in [0.15, 0.2) is 71.6 Å². The molecule has 27 heavy (non-hydrogen) atoms. The van der Waals surface area contributed by atoms with Crippen molar-refractivity contribution in [2.45, 2.75) is 37.0 Å². The van der Waals surface area contributed by atoms with Gasteiger partial charge < -0.3 is 5.32 Å². The molecule has 0 heterocycles. The highest BCUT2D eigenvalue weighted by atomic mass is 32.2. The Morgan fingerprint density at radius 1 is 0.852 bits per heavy atom. The van der Waals surface area contributed by atoms with Gasteiger partial charge in [0.15, 0.2) is 9.84 Å². The Morgan fingerprint density at radius 3 is 2.11 bits per heavy atom. The van der Waals surface area contributed by atoms with Crippen molar-refractivity contribution in [1.82, 2.24) is 5.32 Å². The molecule has 1 amide bonds. The lowest BCUT2D eigenvalue weighted by molar-refractivity contribution is 0.0940. The van der Waals surface area contributed by atoms with Crippen molar-refractivity contribution >= 4 is 26.5 Å². The highest BCUT2D eigenvalue weighted by molar-refractivity contribution is 7.92. The molecular formula is C22H23NO3S. The minimum Gasteiger partial charge on any atom is -0.346 e.